The SMILES string of the molecule is COc1cc(OC)c(C(=O)NNC(=O)c2ccc(C(C)(C)C)cc2)cc1OC. The minimum Gasteiger partial charge on any atom is -0.496 e. The summed E-state index contributed by atoms with van der Waals surface area (Å²) in [7, 11) is 4.39. The van der Waals surface area contributed by atoms with Gasteiger partial charge in [-0.25, -0.2) is 0 Å². The Morgan fingerprint density at radius 1 is 0.750 bits per heavy atom. The average Bonchev–Trinajstić information content (AvgIpc) is 2.69. The van der Waals surface area contributed by atoms with Crippen LogP contribution in [0, 0.1) is 0 Å². The van der Waals surface area contributed by atoms with Crippen molar-refractivity contribution in [3.63, 3.8) is 0 Å². The minimum absolute atomic E-state index is 0.00675. The van der Waals surface area contributed by atoms with Gasteiger partial charge in [0.1, 0.15) is 5.75 Å². The molecule has 2 rings (SSSR count). The number of ether oxygens (including phenoxy) is 3. The van der Waals surface area contributed by atoms with E-state index in [9.17, 15) is 9.59 Å². The van der Waals surface area contributed by atoms with Gasteiger partial charge in [0.15, 0.2) is 11.5 Å². The van der Waals surface area contributed by atoms with Crippen LogP contribution in [-0.4, -0.2) is 33.1 Å². The number of rotatable bonds is 5. The molecule has 2 N–H and O–H groups in total. The molecule has 0 saturated carbocycles. The van der Waals surface area contributed by atoms with Crippen molar-refractivity contribution < 1.29 is 23.8 Å². The van der Waals surface area contributed by atoms with Crippen LogP contribution in [0.25, 0.3) is 0 Å². The molecular weight excluding hydrogens is 360 g/mol. The summed E-state index contributed by atoms with van der Waals surface area (Å²) < 4.78 is 15.6. The van der Waals surface area contributed by atoms with E-state index in [-0.39, 0.29) is 11.0 Å². The molecule has 2 aromatic carbocycles. The lowest BCUT2D eigenvalue weighted by atomic mass is 9.87. The Balaban J connectivity index is 2.12. The third-order valence-electron chi connectivity index (χ3n) is 4.25. The lowest BCUT2D eigenvalue weighted by Gasteiger charge is -2.19. The molecule has 0 fully saturated rings. The molecule has 0 aliphatic carbocycles. The summed E-state index contributed by atoms with van der Waals surface area (Å²) in [6.45, 7) is 6.29. The summed E-state index contributed by atoms with van der Waals surface area (Å²) in [6, 6.07) is 10.3. The second-order valence-electron chi connectivity index (χ2n) is 7.14. The fraction of sp³-hybridized carbons (Fsp3) is 0.333. The maximum Gasteiger partial charge on any atom is 0.273 e. The number of benzene rings is 2. The van der Waals surface area contributed by atoms with Crippen molar-refractivity contribution in [2.24, 2.45) is 0 Å². The quantitative estimate of drug-likeness (QED) is 0.772. The highest BCUT2D eigenvalue weighted by atomic mass is 16.5. The second kappa shape index (κ2) is 8.65. The van der Waals surface area contributed by atoms with Gasteiger partial charge >= 0.3 is 0 Å². The number of hydrogen-bond acceptors (Lipinski definition) is 5. The third-order valence-corrected chi connectivity index (χ3v) is 4.25. The number of hydrogen-bond donors (Lipinski definition) is 2. The largest absolute Gasteiger partial charge is 0.496 e. The molecule has 150 valence electrons. The highest BCUT2D eigenvalue weighted by molar-refractivity contribution is 6.01. The molecule has 0 atom stereocenters. The van der Waals surface area contributed by atoms with E-state index >= 15 is 0 Å². The van der Waals surface area contributed by atoms with Crippen molar-refractivity contribution >= 4 is 11.8 Å². The molecular formula is C21H26N2O5. The van der Waals surface area contributed by atoms with Gasteiger partial charge in [-0.1, -0.05) is 32.9 Å². The molecule has 7 heteroatoms. The van der Waals surface area contributed by atoms with Crippen molar-refractivity contribution in [3.8, 4) is 17.2 Å². The fourth-order valence-electron chi connectivity index (χ4n) is 2.58. The van der Waals surface area contributed by atoms with Gasteiger partial charge in [-0.15, -0.1) is 0 Å². The molecule has 0 saturated heterocycles. The molecule has 0 unspecified atom stereocenters. The van der Waals surface area contributed by atoms with E-state index in [0.29, 0.717) is 22.8 Å². The zero-order valence-corrected chi connectivity index (χ0v) is 17.0. The first-order chi connectivity index (χ1) is 13.2. The van der Waals surface area contributed by atoms with Crippen LogP contribution in [0.15, 0.2) is 36.4 Å². The molecule has 0 spiro atoms. The topological polar surface area (TPSA) is 85.9 Å². The molecule has 28 heavy (non-hydrogen) atoms. The summed E-state index contributed by atoms with van der Waals surface area (Å²) in [5.41, 5.74) is 6.54. The molecule has 0 aliphatic rings. The van der Waals surface area contributed by atoms with Gasteiger partial charge in [-0.05, 0) is 23.1 Å². The van der Waals surface area contributed by atoms with Gasteiger partial charge in [0.2, 0.25) is 0 Å². The van der Waals surface area contributed by atoms with Crippen LogP contribution in [0.3, 0.4) is 0 Å². The van der Waals surface area contributed by atoms with Crippen LogP contribution >= 0.6 is 0 Å². The Morgan fingerprint density at radius 3 is 1.75 bits per heavy atom. The van der Waals surface area contributed by atoms with Gasteiger partial charge < -0.3 is 14.2 Å². The Bertz CT molecular complexity index is 854. The van der Waals surface area contributed by atoms with Crippen molar-refractivity contribution in [3.05, 3.63) is 53.1 Å². The van der Waals surface area contributed by atoms with E-state index in [0.717, 1.165) is 5.56 Å². The van der Waals surface area contributed by atoms with Crippen LogP contribution < -0.4 is 25.1 Å². The standard InChI is InChI=1S/C21H26N2O5/c1-21(2,3)14-9-7-13(8-10-14)19(24)22-23-20(25)15-11-17(27-5)18(28-6)12-16(15)26-4/h7-12H,1-6H3,(H,22,24)(H,23,25). The summed E-state index contributed by atoms with van der Waals surface area (Å²) >= 11 is 0. The van der Waals surface area contributed by atoms with Crippen LogP contribution in [0.5, 0.6) is 17.2 Å². The van der Waals surface area contributed by atoms with Crippen LogP contribution in [-0.2, 0) is 5.41 Å². The number of carbonyl (C=O) groups excluding carboxylic acids is 2. The van der Waals surface area contributed by atoms with E-state index in [4.69, 9.17) is 14.2 Å². The Hall–Kier alpha value is -3.22. The number of amides is 2. The van der Waals surface area contributed by atoms with E-state index in [1.165, 1.54) is 27.4 Å². The van der Waals surface area contributed by atoms with E-state index in [2.05, 4.69) is 31.6 Å². The summed E-state index contributed by atoms with van der Waals surface area (Å²) in [5.74, 6) is 0.126. The van der Waals surface area contributed by atoms with Crippen LogP contribution in [0.4, 0.5) is 0 Å². The summed E-state index contributed by atoms with van der Waals surface area (Å²) in [4.78, 5) is 24.8. The molecule has 2 aromatic rings. The first-order valence-corrected chi connectivity index (χ1v) is 8.72. The molecule has 0 heterocycles. The summed E-state index contributed by atoms with van der Waals surface area (Å²) in [5, 5.41) is 0. The lowest BCUT2D eigenvalue weighted by Crippen LogP contribution is -2.41. The molecule has 0 aliphatic heterocycles. The normalized spacial score (nSPS) is 10.8. The van der Waals surface area contributed by atoms with E-state index in [1.54, 1.807) is 18.2 Å². The molecule has 0 aromatic heterocycles. The summed E-state index contributed by atoms with van der Waals surface area (Å²) in [6.07, 6.45) is 0. The molecule has 0 radical (unpaired) electrons. The van der Waals surface area contributed by atoms with E-state index < -0.39 is 11.8 Å². The van der Waals surface area contributed by atoms with Gasteiger partial charge in [-0.2, -0.15) is 0 Å². The zero-order chi connectivity index (χ0) is 20.9. The van der Waals surface area contributed by atoms with Crippen molar-refractivity contribution in [2.45, 2.75) is 26.2 Å². The number of nitrogens with one attached hydrogen (secondary N) is 2. The first kappa shape index (κ1) is 21.1. The Morgan fingerprint density at radius 2 is 1.25 bits per heavy atom. The van der Waals surface area contributed by atoms with Crippen molar-refractivity contribution in [1.82, 2.24) is 10.9 Å². The maximum atomic E-state index is 12.5. The monoisotopic (exact) mass is 386 g/mol. The number of hydrazine groups is 1. The van der Waals surface area contributed by atoms with Crippen molar-refractivity contribution in [1.29, 1.82) is 0 Å². The Kier molecular flexibility index (Phi) is 6.51. The van der Waals surface area contributed by atoms with Gasteiger partial charge in [0, 0.05) is 17.7 Å². The van der Waals surface area contributed by atoms with Crippen LogP contribution in [0.2, 0.25) is 0 Å². The van der Waals surface area contributed by atoms with Crippen molar-refractivity contribution in [2.75, 3.05) is 21.3 Å². The predicted molar refractivity (Wildman–Crippen MR) is 106 cm³/mol. The number of carbonyl (C=O) groups is 2. The number of methoxy groups -OCH3 is 3. The third kappa shape index (κ3) is 4.73. The molecule has 7 nitrogen and oxygen atoms in total. The Labute approximate surface area is 165 Å². The second-order valence-corrected chi connectivity index (χ2v) is 7.14. The van der Waals surface area contributed by atoms with Crippen LogP contribution in [0.1, 0.15) is 47.1 Å². The predicted octanol–water partition coefficient (Wildman–Crippen LogP) is 3.08. The minimum atomic E-state index is -0.544. The first-order valence-electron chi connectivity index (χ1n) is 8.72. The van der Waals surface area contributed by atoms with Gasteiger partial charge in [0.25, 0.3) is 11.8 Å². The lowest BCUT2D eigenvalue weighted by molar-refractivity contribution is 0.0844. The zero-order valence-electron chi connectivity index (χ0n) is 17.0. The fourth-order valence-corrected chi connectivity index (χ4v) is 2.58. The highest BCUT2D eigenvalue weighted by Gasteiger charge is 2.19. The average molecular weight is 386 g/mol. The maximum absolute atomic E-state index is 12.5. The van der Waals surface area contributed by atoms with E-state index in [1.807, 2.05) is 12.1 Å². The highest BCUT2D eigenvalue weighted by Crippen LogP contribution is 2.34. The van der Waals surface area contributed by atoms with Gasteiger partial charge in [0.05, 0.1) is 26.9 Å². The molecule has 0 bridgehead atoms. The van der Waals surface area contributed by atoms with Gasteiger partial charge in [-0.3, -0.25) is 20.4 Å². The molecule has 2 amide bonds. The smallest absolute Gasteiger partial charge is 0.273 e.